The zero-order valence-corrected chi connectivity index (χ0v) is 9.16. The van der Waals surface area contributed by atoms with Crippen molar-refractivity contribution in [3.63, 3.8) is 0 Å². The normalized spacial score (nSPS) is 29.1. The molecule has 0 radical (unpaired) electrons. The van der Waals surface area contributed by atoms with E-state index in [1.165, 1.54) is 12.8 Å². The molecule has 2 fully saturated rings. The highest BCUT2D eigenvalue weighted by molar-refractivity contribution is 5.88. The Bertz CT molecular complexity index is 272. The van der Waals surface area contributed by atoms with Crippen LogP contribution in [0.3, 0.4) is 0 Å². The number of amides is 2. The van der Waals surface area contributed by atoms with Gasteiger partial charge in [0.05, 0.1) is 12.5 Å². The largest absolute Gasteiger partial charge is 0.354 e. The van der Waals surface area contributed by atoms with Gasteiger partial charge in [-0.05, 0) is 12.8 Å². The summed E-state index contributed by atoms with van der Waals surface area (Å²) in [5.41, 5.74) is 0. The van der Waals surface area contributed by atoms with Gasteiger partial charge >= 0.3 is 0 Å². The number of hydrogen-bond acceptors (Lipinski definition) is 2. The zero-order valence-electron chi connectivity index (χ0n) is 9.16. The third kappa shape index (κ3) is 2.13. The van der Waals surface area contributed by atoms with Crippen molar-refractivity contribution in [3.05, 3.63) is 0 Å². The van der Waals surface area contributed by atoms with Gasteiger partial charge in [0.25, 0.3) is 0 Å². The standard InChI is InChI=1S/C11H18N2O2/c1-8-6-12-10(14)7-13(11(8)15)9-4-2-3-5-9/h8-9H,2-7H2,1H3,(H,12,14). The minimum Gasteiger partial charge on any atom is -0.354 e. The highest BCUT2D eigenvalue weighted by Gasteiger charge is 2.33. The maximum Gasteiger partial charge on any atom is 0.239 e. The highest BCUT2D eigenvalue weighted by atomic mass is 16.2. The molecule has 2 amide bonds. The molecule has 1 atom stereocenters. The van der Waals surface area contributed by atoms with Gasteiger partial charge in [0.15, 0.2) is 0 Å². The lowest BCUT2D eigenvalue weighted by atomic mass is 10.1. The molecule has 2 aliphatic rings. The molecular formula is C11H18N2O2. The Labute approximate surface area is 90.0 Å². The Morgan fingerprint density at radius 1 is 1.27 bits per heavy atom. The first-order chi connectivity index (χ1) is 7.18. The summed E-state index contributed by atoms with van der Waals surface area (Å²) in [6.45, 7) is 2.63. The highest BCUT2D eigenvalue weighted by Crippen LogP contribution is 2.25. The average molecular weight is 210 g/mol. The zero-order chi connectivity index (χ0) is 10.8. The quantitative estimate of drug-likeness (QED) is 0.686. The van der Waals surface area contributed by atoms with Gasteiger partial charge in [-0.2, -0.15) is 0 Å². The molecule has 15 heavy (non-hydrogen) atoms. The lowest BCUT2D eigenvalue weighted by Crippen LogP contribution is -2.43. The number of hydrogen-bond donors (Lipinski definition) is 1. The Kier molecular flexibility index (Phi) is 2.93. The van der Waals surface area contributed by atoms with Crippen LogP contribution >= 0.6 is 0 Å². The summed E-state index contributed by atoms with van der Waals surface area (Å²) >= 11 is 0. The van der Waals surface area contributed by atoms with Gasteiger partial charge in [-0.25, -0.2) is 0 Å². The molecule has 0 bridgehead atoms. The van der Waals surface area contributed by atoms with Crippen LogP contribution in [-0.4, -0.2) is 35.8 Å². The third-order valence-corrected chi connectivity index (χ3v) is 3.39. The number of carbonyl (C=O) groups excluding carboxylic acids is 2. The summed E-state index contributed by atoms with van der Waals surface area (Å²) in [6.07, 6.45) is 4.49. The van der Waals surface area contributed by atoms with E-state index in [9.17, 15) is 9.59 Å². The predicted molar refractivity (Wildman–Crippen MR) is 56.1 cm³/mol. The van der Waals surface area contributed by atoms with Crippen LogP contribution in [0, 0.1) is 5.92 Å². The minimum absolute atomic E-state index is 0.0143. The second-order valence-corrected chi connectivity index (χ2v) is 4.61. The van der Waals surface area contributed by atoms with Gasteiger partial charge in [-0.15, -0.1) is 0 Å². The molecule has 1 unspecified atom stereocenters. The smallest absolute Gasteiger partial charge is 0.239 e. The first-order valence-electron chi connectivity index (χ1n) is 5.75. The van der Waals surface area contributed by atoms with Crippen molar-refractivity contribution in [3.8, 4) is 0 Å². The first kappa shape index (κ1) is 10.5. The van der Waals surface area contributed by atoms with Crippen molar-refractivity contribution in [1.29, 1.82) is 0 Å². The molecule has 0 aromatic rings. The van der Waals surface area contributed by atoms with Gasteiger partial charge in [0.2, 0.25) is 11.8 Å². The van der Waals surface area contributed by atoms with E-state index >= 15 is 0 Å². The molecule has 84 valence electrons. The summed E-state index contributed by atoms with van der Waals surface area (Å²) in [5, 5.41) is 2.78. The fourth-order valence-electron chi connectivity index (χ4n) is 2.45. The fourth-order valence-corrected chi connectivity index (χ4v) is 2.45. The van der Waals surface area contributed by atoms with Crippen molar-refractivity contribution in [2.45, 2.75) is 38.6 Å². The molecule has 0 aromatic carbocycles. The van der Waals surface area contributed by atoms with Crippen molar-refractivity contribution >= 4 is 11.8 Å². The number of nitrogens with one attached hydrogen (secondary N) is 1. The molecule has 1 saturated carbocycles. The predicted octanol–water partition coefficient (Wildman–Crippen LogP) is 0.523. The monoisotopic (exact) mass is 210 g/mol. The van der Waals surface area contributed by atoms with Crippen molar-refractivity contribution in [2.75, 3.05) is 13.1 Å². The fraction of sp³-hybridized carbons (Fsp3) is 0.818. The number of rotatable bonds is 1. The van der Waals surface area contributed by atoms with E-state index in [4.69, 9.17) is 0 Å². The molecule has 1 saturated heterocycles. The van der Waals surface area contributed by atoms with Gasteiger partial charge in [0.1, 0.15) is 0 Å². The Balaban J connectivity index is 2.11. The average Bonchev–Trinajstić information content (AvgIpc) is 2.70. The van der Waals surface area contributed by atoms with Crippen molar-refractivity contribution in [2.24, 2.45) is 5.92 Å². The first-order valence-corrected chi connectivity index (χ1v) is 5.75. The molecule has 0 aromatic heterocycles. The Morgan fingerprint density at radius 3 is 2.60 bits per heavy atom. The van der Waals surface area contributed by atoms with Crippen LogP contribution < -0.4 is 5.32 Å². The molecule has 0 spiro atoms. The van der Waals surface area contributed by atoms with Crippen LogP contribution in [-0.2, 0) is 9.59 Å². The van der Waals surface area contributed by atoms with E-state index in [2.05, 4.69) is 5.32 Å². The van der Waals surface area contributed by atoms with Gasteiger partial charge in [-0.3, -0.25) is 9.59 Å². The summed E-state index contributed by atoms with van der Waals surface area (Å²) < 4.78 is 0. The van der Waals surface area contributed by atoms with Gasteiger partial charge in [0, 0.05) is 12.6 Å². The Hall–Kier alpha value is -1.06. The SMILES string of the molecule is CC1CNC(=O)CN(C2CCCC2)C1=O. The van der Waals surface area contributed by atoms with Crippen molar-refractivity contribution in [1.82, 2.24) is 10.2 Å². The lowest BCUT2D eigenvalue weighted by Gasteiger charge is -2.27. The second-order valence-electron chi connectivity index (χ2n) is 4.61. The molecule has 2 rings (SSSR count). The summed E-state index contributed by atoms with van der Waals surface area (Å²) in [6, 6.07) is 0.309. The molecule has 1 aliphatic carbocycles. The molecule has 1 aliphatic heterocycles. The second kappa shape index (κ2) is 4.21. The summed E-state index contributed by atoms with van der Waals surface area (Å²) in [4.78, 5) is 25.2. The maximum atomic E-state index is 12.0. The van der Waals surface area contributed by atoms with E-state index in [1.54, 1.807) is 4.90 Å². The van der Waals surface area contributed by atoms with E-state index in [0.717, 1.165) is 12.8 Å². The van der Waals surface area contributed by atoms with Crippen LogP contribution in [0.5, 0.6) is 0 Å². The molecule has 4 nitrogen and oxygen atoms in total. The number of nitrogens with zero attached hydrogens (tertiary/aromatic N) is 1. The molecule has 1 heterocycles. The van der Waals surface area contributed by atoms with Crippen LogP contribution in [0.15, 0.2) is 0 Å². The molecule has 4 heteroatoms. The molecule has 1 N–H and O–H groups in total. The lowest BCUT2D eigenvalue weighted by molar-refractivity contribution is -0.138. The third-order valence-electron chi connectivity index (χ3n) is 3.39. The van der Waals surface area contributed by atoms with E-state index in [1.807, 2.05) is 6.92 Å². The number of carbonyl (C=O) groups is 2. The van der Waals surface area contributed by atoms with Crippen LogP contribution in [0.1, 0.15) is 32.6 Å². The van der Waals surface area contributed by atoms with Crippen LogP contribution in [0.4, 0.5) is 0 Å². The topological polar surface area (TPSA) is 49.4 Å². The summed E-state index contributed by atoms with van der Waals surface area (Å²) in [7, 11) is 0. The Morgan fingerprint density at radius 2 is 1.93 bits per heavy atom. The minimum atomic E-state index is -0.0722. The van der Waals surface area contributed by atoms with Crippen LogP contribution in [0.2, 0.25) is 0 Å². The maximum absolute atomic E-state index is 12.0. The van der Waals surface area contributed by atoms with E-state index in [0.29, 0.717) is 12.6 Å². The summed E-state index contributed by atoms with van der Waals surface area (Å²) in [5.74, 6) is 0.0527. The van der Waals surface area contributed by atoms with Gasteiger partial charge in [-0.1, -0.05) is 19.8 Å². The van der Waals surface area contributed by atoms with Crippen LogP contribution in [0.25, 0.3) is 0 Å². The van der Waals surface area contributed by atoms with Gasteiger partial charge < -0.3 is 10.2 Å². The van der Waals surface area contributed by atoms with Crippen molar-refractivity contribution < 1.29 is 9.59 Å². The molecular weight excluding hydrogens is 192 g/mol. The van der Waals surface area contributed by atoms with E-state index < -0.39 is 0 Å². The van der Waals surface area contributed by atoms with E-state index in [-0.39, 0.29) is 24.3 Å².